The lowest BCUT2D eigenvalue weighted by molar-refractivity contribution is -0.147. The number of rotatable bonds is 5. The summed E-state index contributed by atoms with van der Waals surface area (Å²) >= 11 is 0. The molecule has 0 aromatic heterocycles. The first kappa shape index (κ1) is 12.7. The predicted octanol–water partition coefficient (Wildman–Crippen LogP) is 2.20. The van der Waals surface area contributed by atoms with Crippen LogP contribution in [0.5, 0.6) is 0 Å². The van der Waals surface area contributed by atoms with E-state index >= 15 is 0 Å². The first-order chi connectivity index (χ1) is 7.65. The van der Waals surface area contributed by atoms with Gasteiger partial charge in [-0.15, -0.1) is 0 Å². The van der Waals surface area contributed by atoms with Gasteiger partial charge in [-0.2, -0.15) is 0 Å². The van der Waals surface area contributed by atoms with Crippen LogP contribution < -0.4 is 5.73 Å². The molecule has 0 fully saturated rings. The molecule has 3 heteroatoms. The number of ether oxygens (including phenoxy) is 1. The quantitative estimate of drug-likeness (QED) is 0.775. The second kappa shape index (κ2) is 5.66. The molecular formula is C13H19NO2. The molecule has 88 valence electrons. The van der Waals surface area contributed by atoms with Crippen molar-refractivity contribution in [2.45, 2.75) is 31.7 Å². The summed E-state index contributed by atoms with van der Waals surface area (Å²) in [5, 5.41) is 0. The van der Waals surface area contributed by atoms with Crippen molar-refractivity contribution >= 4 is 5.97 Å². The second-order valence-electron chi connectivity index (χ2n) is 3.93. The Hall–Kier alpha value is -1.35. The third-order valence-electron chi connectivity index (χ3n) is 2.76. The van der Waals surface area contributed by atoms with E-state index in [2.05, 4.69) is 6.92 Å². The van der Waals surface area contributed by atoms with E-state index < -0.39 is 5.54 Å². The monoisotopic (exact) mass is 221 g/mol. The zero-order valence-corrected chi connectivity index (χ0v) is 9.90. The van der Waals surface area contributed by atoms with E-state index in [1.165, 1.54) is 7.11 Å². The van der Waals surface area contributed by atoms with Crippen LogP contribution in [-0.4, -0.2) is 13.1 Å². The Morgan fingerprint density at radius 1 is 1.38 bits per heavy atom. The smallest absolute Gasteiger partial charge is 0.330 e. The van der Waals surface area contributed by atoms with Gasteiger partial charge in [-0.1, -0.05) is 50.1 Å². The standard InChI is InChI=1S/C13H19NO2/c1-3-4-10-13(14,12(15)16-2)11-8-6-5-7-9-11/h5-9H,3-4,10,14H2,1-2H3. The maximum atomic E-state index is 11.8. The lowest BCUT2D eigenvalue weighted by Gasteiger charge is -2.26. The highest BCUT2D eigenvalue weighted by atomic mass is 16.5. The topological polar surface area (TPSA) is 52.3 Å². The van der Waals surface area contributed by atoms with Crippen LogP contribution in [0.3, 0.4) is 0 Å². The molecule has 1 aromatic carbocycles. The Morgan fingerprint density at radius 2 is 2.00 bits per heavy atom. The SMILES string of the molecule is CCCCC(N)(C(=O)OC)c1ccccc1. The molecule has 1 unspecified atom stereocenters. The molecule has 0 spiro atoms. The van der Waals surface area contributed by atoms with E-state index in [1.54, 1.807) is 0 Å². The van der Waals surface area contributed by atoms with Crippen LogP contribution in [0, 0.1) is 0 Å². The molecule has 1 aromatic rings. The lowest BCUT2D eigenvalue weighted by atomic mass is 9.86. The summed E-state index contributed by atoms with van der Waals surface area (Å²) in [6.07, 6.45) is 2.52. The van der Waals surface area contributed by atoms with Gasteiger partial charge in [-0.3, -0.25) is 0 Å². The Bertz CT molecular complexity index is 337. The van der Waals surface area contributed by atoms with Crippen molar-refractivity contribution in [3.8, 4) is 0 Å². The molecule has 16 heavy (non-hydrogen) atoms. The van der Waals surface area contributed by atoms with Crippen LogP contribution in [0.25, 0.3) is 0 Å². The first-order valence-electron chi connectivity index (χ1n) is 5.58. The molecule has 0 saturated heterocycles. The molecule has 0 saturated carbocycles. The van der Waals surface area contributed by atoms with Gasteiger partial charge in [0.1, 0.15) is 5.54 Å². The maximum Gasteiger partial charge on any atom is 0.330 e. The molecule has 1 rings (SSSR count). The van der Waals surface area contributed by atoms with Crippen LogP contribution in [-0.2, 0) is 15.1 Å². The Morgan fingerprint density at radius 3 is 2.50 bits per heavy atom. The highest BCUT2D eigenvalue weighted by molar-refractivity contribution is 5.82. The van der Waals surface area contributed by atoms with E-state index in [9.17, 15) is 4.79 Å². The average Bonchev–Trinajstić information content (AvgIpc) is 2.36. The van der Waals surface area contributed by atoms with E-state index in [-0.39, 0.29) is 5.97 Å². The van der Waals surface area contributed by atoms with Gasteiger partial charge in [0, 0.05) is 0 Å². The number of hydrogen-bond acceptors (Lipinski definition) is 3. The number of unbranched alkanes of at least 4 members (excludes halogenated alkanes) is 1. The number of methoxy groups -OCH3 is 1. The summed E-state index contributed by atoms with van der Waals surface area (Å²) in [5.74, 6) is -0.368. The van der Waals surface area contributed by atoms with Crippen molar-refractivity contribution in [1.29, 1.82) is 0 Å². The summed E-state index contributed by atoms with van der Waals surface area (Å²) in [6, 6.07) is 9.40. The van der Waals surface area contributed by atoms with Gasteiger partial charge in [0.15, 0.2) is 0 Å². The van der Waals surface area contributed by atoms with Crippen molar-refractivity contribution in [3.05, 3.63) is 35.9 Å². The van der Waals surface area contributed by atoms with Crippen LogP contribution in [0.15, 0.2) is 30.3 Å². The number of nitrogens with two attached hydrogens (primary N) is 1. The van der Waals surface area contributed by atoms with Gasteiger partial charge in [-0.25, -0.2) is 4.79 Å². The van der Waals surface area contributed by atoms with Crippen LogP contribution in [0.1, 0.15) is 31.7 Å². The molecule has 0 radical (unpaired) electrons. The second-order valence-corrected chi connectivity index (χ2v) is 3.93. The summed E-state index contributed by atoms with van der Waals surface area (Å²) in [6.45, 7) is 2.07. The molecule has 1 atom stereocenters. The molecule has 0 aliphatic rings. The van der Waals surface area contributed by atoms with Gasteiger partial charge in [0.25, 0.3) is 0 Å². The molecule has 3 nitrogen and oxygen atoms in total. The van der Waals surface area contributed by atoms with Crippen molar-refractivity contribution < 1.29 is 9.53 Å². The summed E-state index contributed by atoms with van der Waals surface area (Å²) in [5.41, 5.74) is 5.99. The fraction of sp³-hybridized carbons (Fsp3) is 0.462. The molecule has 0 aliphatic heterocycles. The number of carbonyl (C=O) groups excluding carboxylic acids is 1. The third kappa shape index (κ3) is 2.61. The van der Waals surface area contributed by atoms with Crippen molar-refractivity contribution in [1.82, 2.24) is 0 Å². The molecule has 0 heterocycles. The summed E-state index contributed by atoms with van der Waals surface area (Å²) in [4.78, 5) is 11.8. The summed E-state index contributed by atoms with van der Waals surface area (Å²) < 4.78 is 4.80. The fourth-order valence-corrected chi connectivity index (χ4v) is 1.74. The van der Waals surface area contributed by atoms with Crippen molar-refractivity contribution in [2.24, 2.45) is 5.73 Å². The largest absolute Gasteiger partial charge is 0.467 e. The van der Waals surface area contributed by atoms with Crippen LogP contribution >= 0.6 is 0 Å². The van der Waals surface area contributed by atoms with E-state index in [0.29, 0.717) is 6.42 Å². The van der Waals surface area contributed by atoms with Gasteiger partial charge >= 0.3 is 5.97 Å². The van der Waals surface area contributed by atoms with E-state index in [1.807, 2.05) is 30.3 Å². The predicted molar refractivity (Wildman–Crippen MR) is 63.8 cm³/mol. The highest BCUT2D eigenvalue weighted by Crippen LogP contribution is 2.25. The zero-order chi connectivity index (χ0) is 12.0. The minimum atomic E-state index is -1.01. The first-order valence-corrected chi connectivity index (χ1v) is 5.58. The Kier molecular flexibility index (Phi) is 4.50. The number of benzene rings is 1. The minimum absolute atomic E-state index is 0.368. The van der Waals surface area contributed by atoms with Gasteiger partial charge in [-0.05, 0) is 12.0 Å². The third-order valence-corrected chi connectivity index (χ3v) is 2.76. The van der Waals surface area contributed by atoms with Crippen LogP contribution in [0.4, 0.5) is 0 Å². The van der Waals surface area contributed by atoms with Gasteiger partial charge < -0.3 is 10.5 Å². The number of hydrogen-bond donors (Lipinski definition) is 1. The molecule has 2 N–H and O–H groups in total. The number of esters is 1. The van der Waals surface area contributed by atoms with Gasteiger partial charge in [0.2, 0.25) is 0 Å². The Labute approximate surface area is 96.6 Å². The zero-order valence-electron chi connectivity index (χ0n) is 9.90. The normalized spacial score (nSPS) is 14.2. The van der Waals surface area contributed by atoms with Crippen molar-refractivity contribution in [2.75, 3.05) is 7.11 Å². The molecular weight excluding hydrogens is 202 g/mol. The fourth-order valence-electron chi connectivity index (χ4n) is 1.74. The molecule has 0 amide bonds. The van der Waals surface area contributed by atoms with E-state index in [0.717, 1.165) is 18.4 Å². The van der Waals surface area contributed by atoms with Gasteiger partial charge in [0.05, 0.1) is 7.11 Å². The highest BCUT2D eigenvalue weighted by Gasteiger charge is 2.36. The number of carbonyl (C=O) groups is 1. The van der Waals surface area contributed by atoms with Crippen molar-refractivity contribution in [3.63, 3.8) is 0 Å². The maximum absolute atomic E-state index is 11.8. The molecule has 0 aliphatic carbocycles. The Balaban J connectivity index is 2.99. The molecule has 0 bridgehead atoms. The average molecular weight is 221 g/mol. The van der Waals surface area contributed by atoms with Crippen LogP contribution in [0.2, 0.25) is 0 Å². The summed E-state index contributed by atoms with van der Waals surface area (Å²) in [7, 11) is 1.37. The minimum Gasteiger partial charge on any atom is -0.467 e. The van der Waals surface area contributed by atoms with E-state index in [4.69, 9.17) is 10.5 Å². The lowest BCUT2D eigenvalue weighted by Crippen LogP contribution is -2.45.